The van der Waals surface area contributed by atoms with E-state index in [-0.39, 0.29) is 5.91 Å². The van der Waals surface area contributed by atoms with Crippen molar-refractivity contribution in [2.75, 3.05) is 12.4 Å². The van der Waals surface area contributed by atoms with E-state index in [1.54, 1.807) is 19.2 Å². The van der Waals surface area contributed by atoms with E-state index in [2.05, 4.69) is 28.9 Å². The molecule has 0 radical (unpaired) electrons. The minimum atomic E-state index is 0.0552. The molecule has 0 bridgehead atoms. The molecule has 1 heterocycles. The van der Waals surface area contributed by atoms with Gasteiger partial charge in [-0.2, -0.15) is 5.26 Å². The highest BCUT2D eigenvalue weighted by atomic mass is 16.5. The van der Waals surface area contributed by atoms with Crippen molar-refractivity contribution in [3.05, 3.63) is 59.8 Å². The number of hydrogen-bond acceptors (Lipinski definition) is 3. The Hall–Kier alpha value is -3.26. The molecule has 5 heteroatoms. The van der Waals surface area contributed by atoms with Gasteiger partial charge in [0.25, 0.3) is 0 Å². The second kappa shape index (κ2) is 9.09. The number of unbranched alkanes of at least 4 members (excludes halogenated alkanes) is 2. The summed E-state index contributed by atoms with van der Waals surface area (Å²) >= 11 is 0. The van der Waals surface area contributed by atoms with Crippen LogP contribution in [0.4, 0.5) is 5.69 Å². The quantitative estimate of drug-likeness (QED) is 0.558. The molecule has 1 aromatic heterocycles. The van der Waals surface area contributed by atoms with Crippen LogP contribution in [0.15, 0.2) is 48.7 Å². The van der Waals surface area contributed by atoms with Gasteiger partial charge in [-0.1, -0.05) is 31.9 Å². The SMILES string of the molecule is CCCCCC(=O)Nc1ccc2ccn(Cc3ccc(C#N)cc3OC)c2c1. The third kappa shape index (κ3) is 4.52. The minimum absolute atomic E-state index is 0.0552. The third-order valence-electron chi connectivity index (χ3n) is 4.82. The highest BCUT2D eigenvalue weighted by Crippen LogP contribution is 2.25. The molecular formula is C23H25N3O2. The number of nitrogens with one attached hydrogen (secondary N) is 1. The molecule has 3 rings (SSSR count). The van der Waals surface area contributed by atoms with Gasteiger partial charge in [-0.05, 0) is 42.1 Å². The molecule has 0 atom stereocenters. The molecule has 0 fully saturated rings. The summed E-state index contributed by atoms with van der Waals surface area (Å²) in [6.45, 7) is 2.75. The van der Waals surface area contributed by atoms with Crippen molar-refractivity contribution >= 4 is 22.5 Å². The Morgan fingerprint density at radius 3 is 2.79 bits per heavy atom. The number of carbonyl (C=O) groups excluding carboxylic acids is 1. The number of aromatic nitrogens is 1. The van der Waals surface area contributed by atoms with Crippen LogP contribution < -0.4 is 10.1 Å². The molecule has 0 saturated carbocycles. The average Bonchev–Trinajstić information content (AvgIpc) is 3.10. The molecule has 0 aliphatic heterocycles. The summed E-state index contributed by atoms with van der Waals surface area (Å²) in [4.78, 5) is 12.1. The van der Waals surface area contributed by atoms with Gasteiger partial charge in [0.1, 0.15) is 5.75 Å². The van der Waals surface area contributed by atoms with E-state index in [0.717, 1.165) is 41.4 Å². The Morgan fingerprint density at radius 1 is 1.18 bits per heavy atom. The maximum absolute atomic E-state index is 12.1. The molecule has 0 aliphatic carbocycles. The van der Waals surface area contributed by atoms with Crippen LogP contribution in [0.5, 0.6) is 5.75 Å². The number of fused-ring (bicyclic) bond motifs is 1. The number of nitriles is 1. The predicted octanol–water partition coefficient (Wildman–Crippen LogP) is 5.09. The van der Waals surface area contributed by atoms with Gasteiger partial charge >= 0.3 is 0 Å². The van der Waals surface area contributed by atoms with Crippen LogP contribution in [-0.4, -0.2) is 17.6 Å². The number of amides is 1. The Kier molecular flexibility index (Phi) is 6.33. The Morgan fingerprint density at radius 2 is 2.04 bits per heavy atom. The highest BCUT2D eigenvalue weighted by Gasteiger charge is 2.09. The van der Waals surface area contributed by atoms with E-state index >= 15 is 0 Å². The molecule has 0 unspecified atom stereocenters. The normalized spacial score (nSPS) is 10.6. The Balaban J connectivity index is 1.81. The van der Waals surface area contributed by atoms with Gasteiger partial charge in [0, 0.05) is 23.9 Å². The lowest BCUT2D eigenvalue weighted by Crippen LogP contribution is -2.11. The number of nitrogens with zero attached hydrogens (tertiary/aromatic N) is 2. The molecule has 144 valence electrons. The molecule has 3 aromatic rings. The number of ether oxygens (including phenoxy) is 1. The van der Waals surface area contributed by atoms with Gasteiger partial charge < -0.3 is 14.6 Å². The first-order valence-corrected chi connectivity index (χ1v) is 9.60. The van der Waals surface area contributed by atoms with Crippen LogP contribution in [0.1, 0.15) is 43.7 Å². The molecular weight excluding hydrogens is 350 g/mol. The van der Waals surface area contributed by atoms with E-state index in [4.69, 9.17) is 10.00 Å². The maximum atomic E-state index is 12.1. The summed E-state index contributed by atoms with van der Waals surface area (Å²) in [5.74, 6) is 0.751. The zero-order chi connectivity index (χ0) is 19.9. The van der Waals surface area contributed by atoms with Gasteiger partial charge in [0.15, 0.2) is 0 Å². The lowest BCUT2D eigenvalue weighted by Gasteiger charge is -2.12. The minimum Gasteiger partial charge on any atom is -0.496 e. The van der Waals surface area contributed by atoms with Crippen molar-refractivity contribution in [3.63, 3.8) is 0 Å². The first-order chi connectivity index (χ1) is 13.6. The standard InChI is InChI=1S/C23H25N3O2/c1-3-4-5-6-23(27)25-20-10-9-18-11-12-26(21(18)14-20)16-19-8-7-17(15-24)13-22(19)28-2/h7-14H,3-6,16H2,1-2H3,(H,25,27). The monoisotopic (exact) mass is 375 g/mol. The molecule has 2 aromatic carbocycles. The van der Waals surface area contributed by atoms with Gasteiger partial charge in [0.05, 0.1) is 30.8 Å². The van der Waals surface area contributed by atoms with E-state index in [0.29, 0.717) is 24.3 Å². The van der Waals surface area contributed by atoms with Gasteiger partial charge in [-0.3, -0.25) is 4.79 Å². The molecule has 0 saturated heterocycles. The summed E-state index contributed by atoms with van der Waals surface area (Å²) in [6, 6.07) is 15.6. The number of hydrogen-bond donors (Lipinski definition) is 1. The number of carbonyl (C=O) groups is 1. The first-order valence-electron chi connectivity index (χ1n) is 9.60. The summed E-state index contributed by atoms with van der Waals surface area (Å²) in [5, 5.41) is 13.2. The molecule has 1 N–H and O–H groups in total. The topological polar surface area (TPSA) is 67.0 Å². The molecule has 0 aliphatic rings. The van der Waals surface area contributed by atoms with Crippen LogP contribution in [-0.2, 0) is 11.3 Å². The molecule has 1 amide bonds. The van der Waals surface area contributed by atoms with Gasteiger partial charge in [0.2, 0.25) is 5.91 Å². The van der Waals surface area contributed by atoms with Crippen LogP contribution in [0.25, 0.3) is 10.9 Å². The van der Waals surface area contributed by atoms with Crippen molar-refractivity contribution in [3.8, 4) is 11.8 Å². The van der Waals surface area contributed by atoms with Crippen LogP contribution in [0.2, 0.25) is 0 Å². The summed E-state index contributed by atoms with van der Waals surface area (Å²) in [7, 11) is 1.61. The second-order valence-electron chi connectivity index (χ2n) is 6.86. The van der Waals surface area contributed by atoms with Crippen molar-refractivity contribution in [2.45, 2.75) is 39.2 Å². The first kappa shape index (κ1) is 19.5. The van der Waals surface area contributed by atoms with E-state index in [1.165, 1.54) is 0 Å². The smallest absolute Gasteiger partial charge is 0.224 e. The average molecular weight is 375 g/mol. The van der Waals surface area contributed by atoms with Crippen LogP contribution in [0, 0.1) is 11.3 Å². The van der Waals surface area contributed by atoms with Gasteiger partial charge in [-0.25, -0.2) is 0 Å². The summed E-state index contributed by atoms with van der Waals surface area (Å²) < 4.78 is 7.57. The van der Waals surface area contributed by atoms with Gasteiger partial charge in [-0.15, -0.1) is 0 Å². The maximum Gasteiger partial charge on any atom is 0.224 e. The Labute approximate surface area is 165 Å². The molecule has 0 spiro atoms. The fraction of sp³-hybridized carbons (Fsp3) is 0.304. The Bertz CT molecular complexity index is 1010. The summed E-state index contributed by atoms with van der Waals surface area (Å²) in [5.41, 5.74) is 3.41. The van der Waals surface area contributed by atoms with Crippen molar-refractivity contribution in [1.29, 1.82) is 5.26 Å². The zero-order valence-corrected chi connectivity index (χ0v) is 16.4. The summed E-state index contributed by atoms with van der Waals surface area (Å²) in [6.07, 6.45) is 5.66. The van der Waals surface area contributed by atoms with Crippen LogP contribution in [0.3, 0.4) is 0 Å². The third-order valence-corrected chi connectivity index (χ3v) is 4.82. The van der Waals surface area contributed by atoms with Crippen LogP contribution >= 0.6 is 0 Å². The van der Waals surface area contributed by atoms with Crippen molar-refractivity contribution in [1.82, 2.24) is 4.57 Å². The number of methoxy groups -OCH3 is 1. The second-order valence-corrected chi connectivity index (χ2v) is 6.86. The van der Waals surface area contributed by atoms with Crippen molar-refractivity contribution < 1.29 is 9.53 Å². The number of rotatable bonds is 8. The van der Waals surface area contributed by atoms with E-state index in [9.17, 15) is 4.79 Å². The number of anilines is 1. The largest absolute Gasteiger partial charge is 0.496 e. The fourth-order valence-electron chi connectivity index (χ4n) is 3.29. The van der Waals surface area contributed by atoms with E-state index < -0.39 is 0 Å². The highest BCUT2D eigenvalue weighted by molar-refractivity contribution is 5.93. The fourth-order valence-corrected chi connectivity index (χ4v) is 3.29. The molecule has 5 nitrogen and oxygen atoms in total. The predicted molar refractivity (Wildman–Crippen MR) is 112 cm³/mol. The van der Waals surface area contributed by atoms with E-state index in [1.807, 2.05) is 30.5 Å². The molecule has 28 heavy (non-hydrogen) atoms. The van der Waals surface area contributed by atoms with Crippen molar-refractivity contribution in [2.24, 2.45) is 0 Å². The lowest BCUT2D eigenvalue weighted by atomic mass is 10.1. The number of benzene rings is 2. The zero-order valence-electron chi connectivity index (χ0n) is 16.4. The lowest BCUT2D eigenvalue weighted by molar-refractivity contribution is -0.116.